The molecule has 25 heavy (non-hydrogen) atoms. The normalized spacial score (nSPS) is 12.9. The van der Waals surface area contributed by atoms with E-state index in [0.29, 0.717) is 12.4 Å². The van der Waals surface area contributed by atoms with Crippen molar-refractivity contribution in [2.24, 2.45) is 4.99 Å². The van der Waals surface area contributed by atoms with Gasteiger partial charge in [0.15, 0.2) is 5.96 Å². The van der Waals surface area contributed by atoms with E-state index >= 15 is 0 Å². The maximum atomic E-state index is 11.2. The number of halogens is 1. The van der Waals surface area contributed by atoms with Gasteiger partial charge in [-0.1, -0.05) is 12.1 Å². The largest absolute Gasteiger partial charge is 0.497 e. The average Bonchev–Trinajstić information content (AvgIpc) is 2.55. The maximum Gasteiger partial charge on any atom is 0.191 e. The van der Waals surface area contributed by atoms with E-state index in [9.17, 15) is 8.42 Å². The smallest absolute Gasteiger partial charge is 0.191 e. The Bertz CT molecular complexity index is 619. The van der Waals surface area contributed by atoms with Gasteiger partial charge in [0.05, 0.1) is 12.9 Å². The molecule has 0 spiro atoms. The van der Waals surface area contributed by atoms with Crippen LogP contribution >= 0.6 is 24.0 Å². The van der Waals surface area contributed by atoms with Crippen molar-refractivity contribution >= 4 is 39.8 Å². The Morgan fingerprint density at radius 2 is 1.92 bits per heavy atom. The Labute approximate surface area is 168 Å². The first-order valence-electron chi connectivity index (χ1n) is 8.12. The van der Waals surface area contributed by atoms with Gasteiger partial charge in [0.1, 0.15) is 15.6 Å². The van der Waals surface area contributed by atoms with E-state index in [0.717, 1.165) is 25.1 Å². The van der Waals surface area contributed by atoms with Crippen LogP contribution < -0.4 is 15.4 Å². The second kappa shape index (κ2) is 12.3. The van der Waals surface area contributed by atoms with Crippen LogP contribution in [0, 0.1) is 0 Å². The van der Waals surface area contributed by atoms with Crippen molar-refractivity contribution in [3.8, 4) is 5.75 Å². The fourth-order valence-electron chi connectivity index (χ4n) is 2.18. The summed E-state index contributed by atoms with van der Waals surface area (Å²) in [5.41, 5.74) is 1.27. The molecule has 0 saturated heterocycles. The maximum absolute atomic E-state index is 11.2. The first-order valence-corrected chi connectivity index (χ1v) is 10.2. The topological polar surface area (TPSA) is 79.8 Å². The zero-order chi connectivity index (χ0) is 18.0. The van der Waals surface area contributed by atoms with Gasteiger partial charge in [-0.25, -0.2) is 8.42 Å². The van der Waals surface area contributed by atoms with Crippen LogP contribution in [0.5, 0.6) is 5.75 Å². The highest BCUT2D eigenvalue weighted by Gasteiger charge is 2.09. The SMILES string of the molecule is CN=C(NCCCc1ccc(OC)cc1)NC(C)CCS(C)(=O)=O.I. The van der Waals surface area contributed by atoms with Crippen LogP contribution in [0.2, 0.25) is 0 Å². The molecule has 1 aromatic rings. The molecule has 6 nitrogen and oxygen atoms in total. The molecule has 0 amide bonds. The lowest BCUT2D eigenvalue weighted by Gasteiger charge is -2.17. The molecule has 0 bridgehead atoms. The molecule has 0 aromatic heterocycles. The second-order valence-electron chi connectivity index (χ2n) is 5.91. The van der Waals surface area contributed by atoms with Crippen molar-refractivity contribution in [1.29, 1.82) is 0 Å². The minimum absolute atomic E-state index is 0. The molecule has 0 aliphatic rings. The van der Waals surface area contributed by atoms with E-state index < -0.39 is 9.84 Å². The van der Waals surface area contributed by atoms with Gasteiger partial charge in [0.2, 0.25) is 0 Å². The Kier molecular flexibility index (Phi) is 11.8. The third-order valence-corrected chi connectivity index (χ3v) is 4.60. The fraction of sp³-hybridized carbons (Fsp3) is 0.588. The van der Waals surface area contributed by atoms with Crippen LogP contribution in [0.15, 0.2) is 29.3 Å². The lowest BCUT2D eigenvalue weighted by molar-refractivity contribution is 0.414. The summed E-state index contributed by atoms with van der Waals surface area (Å²) in [4.78, 5) is 4.17. The summed E-state index contributed by atoms with van der Waals surface area (Å²) in [6.45, 7) is 2.75. The summed E-state index contributed by atoms with van der Waals surface area (Å²) >= 11 is 0. The molecule has 2 N–H and O–H groups in total. The average molecular weight is 483 g/mol. The number of aliphatic imine (C=N–C) groups is 1. The Morgan fingerprint density at radius 3 is 2.44 bits per heavy atom. The molecule has 0 saturated carbocycles. The van der Waals surface area contributed by atoms with E-state index in [1.54, 1.807) is 14.2 Å². The fourth-order valence-corrected chi connectivity index (χ4v) is 2.96. The highest BCUT2D eigenvalue weighted by molar-refractivity contribution is 14.0. The predicted octanol–water partition coefficient (Wildman–Crippen LogP) is 2.23. The first kappa shape index (κ1) is 24.0. The van der Waals surface area contributed by atoms with Crippen molar-refractivity contribution in [3.63, 3.8) is 0 Å². The first-order chi connectivity index (χ1) is 11.3. The van der Waals surface area contributed by atoms with E-state index in [1.165, 1.54) is 11.8 Å². The van der Waals surface area contributed by atoms with Gasteiger partial charge in [0, 0.05) is 25.9 Å². The van der Waals surface area contributed by atoms with Crippen molar-refractivity contribution in [2.75, 3.05) is 32.7 Å². The van der Waals surface area contributed by atoms with Gasteiger partial charge in [-0.05, 0) is 43.9 Å². The minimum atomic E-state index is -2.93. The van der Waals surface area contributed by atoms with Crippen molar-refractivity contribution < 1.29 is 13.2 Å². The molecule has 0 aliphatic carbocycles. The van der Waals surface area contributed by atoms with Crippen LogP contribution in [0.3, 0.4) is 0 Å². The van der Waals surface area contributed by atoms with E-state index in [1.807, 2.05) is 19.1 Å². The predicted molar refractivity (Wildman–Crippen MR) is 115 cm³/mol. The molecule has 144 valence electrons. The van der Waals surface area contributed by atoms with Crippen LogP contribution in [-0.4, -0.2) is 53.1 Å². The van der Waals surface area contributed by atoms with Crippen LogP contribution in [0.4, 0.5) is 0 Å². The number of methoxy groups -OCH3 is 1. The molecule has 1 unspecified atom stereocenters. The molecular weight excluding hydrogens is 453 g/mol. The Balaban J connectivity index is 0.00000576. The summed E-state index contributed by atoms with van der Waals surface area (Å²) in [6.07, 6.45) is 3.76. The second-order valence-corrected chi connectivity index (χ2v) is 8.17. The third kappa shape index (κ3) is 11.2. The van der Waals surface area contributed by atoms with Gasteiger partial charge in [0.25, 0.3) is 0 Å². The summed E-state index contributed by atoms with van der Waals surface area (Å²) < 4.78 is 27.5. The minimum Gasteiger partial charge on any atom is -0.497 e. The summed E-state index contributed by atoms with van der Waals surface area (Å²) in [6, 6.07) is 8.12. The van der Waals surface area contributed by atoms with Crippen LogP contribution in [0.25, 0.3) is 0 Å². The molecule has 0 radical (unpaired) electrons. The number of aryl methyl sites for hydroxylation is 1. The summed E-state index contributed by atoms with van der Waals surface area (Å²) in [7, 11) is 0.444. The number of nitrogens with one attached hydrogen (secondary N) is 2. The Morgan fingerprint density at radius 1 is 1.28 bits per heavy atom. The van der Waals surface area contributed by atoms with Gasteiger partial charge in [-0.15, -0.1) is 24.0 Å². The molecule has 0 aliphatic heterocycles. The molecule has 0 fully saturated rings. The number of hydrogen-bond donors (Lipinski definition) is 2. The van der Waals surface area contributed by atoms with E-state index in [2.05, 4.69) is 27.8 Å². The zero-order valence-electron chi connectivity index (χ0n) is 15.4. The molecule has 1 atom stereocenters. The van der Waals surface area contributed by atoms with Crippen molar-refractivity contribution in [2.45, 2.75) is 32.2 Å². The zero-order valence-corrected chi connectivity index (χ0v) is 18.6. The number of rotatable bonds is 9. The quantitative estimate of drug-likeness (QED) is 0.244. The van der Waals surface area contributed by atoms with E-state index in [-0.39, 0.29) is 35.8 Å². The number of guanidine groups is 1. The van der Waals surface area contributed by atoms with Crippen molar-refractivity contribution in [3.05, 3.63) is 29.8 Å². The summed E-state index contributed by atoms with van der Waals surface area (Å²) in [5, 5.41) is 6.47. The Hall–Kier alpha value is -1.03. The highest BCUT2D eigenvalue weighted by Crippen LogP contribution is 2.12. The van der Waals surface area contributed by atoms with Crippen molar-refractivity contribution in [1.82, 2.24) is 10.6 Å². The van der Waals surface area contributed by atoms with Gasteiger partial charge in [-0.3, -0.25) is 4.99 Å². The number of hydrogen-bond acceptors (Lipinski definition) is 4. The lowest BCUT2D eigenvalue weighted by Crippen LogP contribution is -2.43. The molecular formula is C17H30IN3O3S. The number of benzene rings is 1. The molecule has 1 rings (SSSR count). The highest BCUT2D eigenvalue weighted by atomic mass is 127. The van der Waals surface area contributed by atoms with Gasteiger partial charge < -0.3 is 15.4 Å². The molecule has 1 aromatic carbocycles. The van der Waals surface area contributed by atoms with Crippen LogP contribution in [0.1, 0.15) is 25.3 Å². The lowest BCUT2D eigenvalue weighted by atomic mass is 10.1. The van der Waals surface area contributed by atoms with Crippen LogP contribution in [-0.2, 0) is 16.3 Å². The number of nitrogens with zero attached hydrogens (tertiary/aromatic N) is 1. The standard InChI is InChI=1S/C17H29N3O3S.HI/c1-14(11-13-24(4,21)22)20-17(18-2)19-12-5-6-15-7-9-16(23-3)10-8-15;/h7-10,14H,5-6,11-13H2,1-4H3,(H2,18,19,20);1H. The monoisotopic (exact) mass is 483 g/mol. The summed E-state index contributed by atoms with van der Waals surface area (Å²) in [5.74, 6) is 1.74. The third-order valence-electron chi connectivity index (χ3n) is 3.62. The number of ether oxygens (including phenoxy) is 1. The number of sulfone groups is 1. The molecule has 8 heteroatoms. The molecule has 0 heterocycles. The van der Waals surface area contributed by atoms with Gasteiger partial charge in [-0.2, -0.15) is 0 Å². The van der Waals surface area contributed by atoms with E-state index in [4.69, 9.17) is 4.74 Å². The van der Waals surface area contributed by atoms with Gasteiger partial charge >= 0.3 is 0 Å².